The summed E-state index contributed by atoms with van der Waals surface area (Å²) in [4.78, 5) is 28.3. The van der Waals surface area contributed by atoms with E-state index in [1.54, 1.807) is 12.3 Å². The summed E-state index contributed by atoms with van der Waals surface area (Å²) in [6.07, 6.45) is 1.98. The number of aromatic nitrogens is 2. The number of carboxylic acid groups (broad SMARTS) is 1. The van der Waals surface area contributed by atoms with E-state index in [2.05, 4.69) is 10.3 Å². The monoisotopic (exact) mass is 423 g/mol. The number of nitrogens with one attached hydrogen (secondary N) is 2. The first kappa shape index (κ1) is 20.0. The fourth-order valence-electron chi connectivity index (χ4n) is 4.06. The van der Waals surface area contributed by atoms with Crippen LogP contribution in [0.15, 0.2) is 48.7 Å². The zero-order valence-corrected chi connectivity index (χ0v) is 17.5. The second-order valence-corrected chi connectivity index (χ2v) is 7.74. The zero-order chi connectivity index (χ0) is 21.4. The summed E-state index contributed by atoms with van der Waals surface area (Å²) < 4.78 is 1.89. The van der Waals surface area contributed by atoms with Gasteiger partial charge in [0.05, 0.1) is 0 Å². The Morgan fingerprint density at radius 1 is 1.20 bits per heavy atom. The van der Waals surface area contributed by atoms with Gasteiger partial charge in [0.2, 0.25) is 0 Å². The molecule has 154 valence electrons. The second-order valence-electron chi connectivity index (χ2n) is 7.31. The van der Waals surface area contributed by atoms with E-state index in [1.165, 1.54) is 0 Å². The van der Waals surface area contributed by atoms with Crippen LogP contribution in [0.5, 0.6) is 0 Å². The number of amides is 1. The first-order valence-electron chi connectivity index (χ1n) is 9.77. The van der Waals surface area contributed by atoms with E-state index in [-0.39, 0.29) is 6.42 Å². The van der Waals surface area contributed by atoms with Gasteiger partial charge in [0, 0.05) is 46.0 Å². The molecule has 0 radical (unpaired) electrons. The van der Waals surface area contributed by atoms with Gasteiger partial charge in [-0.3, -0.25) is 4.79 Å². The summed E-state index contributed by atoms with van der Waals surface area (Å²) in [7, 11) is 0. The van der Waals surface area contributed by atoms with Gasteiger partial charge in [-0.05, 0) is 49.2 Å². The lowest BCUT2D eigenvalue weighted by molar-refractivity contribution is -0.139. The molecule has 0 spiro atoms. The number of aryl methyl sites for hydroxylation is 2. The highest BCUT2D eigenvalue weighted by molar-refractivity contribution is 6.31. The van der Waals surface area contributed by atoms with E-state index in [9.17, 15) is 14.7 Å². The normalized spacial score (nSPS) is 12.4. The lowest BCUT2D eigenvalue weighted by atomic mass is 10.0. The van der Waals surface area contributed by atoms with Gasteiger partial charge in [0.25, 0.3) is 5.91 Å². The quantitative estimate of drug-likeness (QED) is 0.425. The van der Waals surface area contributed by atoms with Crippen LogP contribution in [0.1, 0.15) is 28.5 Å². The van der Waals surface area contributed by atoms with Gasteiger partial charge in [-0.2, -0.15) is 0 Å². The number of halogens is 1. The molecule has 2 aromatic carbocycles. The van der Waals surface area contributed by atoms with E-state index in [0.29, 0.717) is 17.3 Å². The summed E-state index contributed by atoms with van der Waals surface area (Å²) in [5.74, 6) is -1.48. The van der Waals surface area contributed by atoms with Crippen molar-refractivity contribution in [1.82, 2.24) is 14.9 Å². The third kappa shape index (κ3) is 3.44. The Balaban J connectivity index is 1.67. The van der Waals surface area contributed by atoms with E-state index in [0.717, 1.165) is 32.9 Å². The maximum absolute atomic E-state index is 13.2. The number of benzene rings is 2. The number of fused-ring (bicyclic) bond motifs is 2. The number of carboxylic acids is 1. The number of carbonyl (C=O) groups excluding carboxylic acids is 1. The van der Waals surface area contributed by atoms with Gasteiger partial charge >= 0.3 is 5.97 Å². The summed E-state index contributed by atoms with van der Waals surface area (Å²) in [5.41, 5.74) is 3.91. The molecule has 30 heavy (non-hydrogen) atoms. The molecule has 3 N–H and O–H groups in total. The molecule has 0 aliphatic rings. The largest absolute Gasteiger partial charge is 0.480 e. The van der Waals surface area contributed by atoms with Crippen molar-refractivity contribution in [3.05, 3.63) is 70.5 Å². The Hall–Kier alpha value is -3.25. The summed E-state index contributed by atoms with van der Waals surface area (Å²) in [5, 5.41) is 14.9. The minimum absolute atomic E-state index is 0.183. The number of para-hydroxylation sites is 1. The maximum Gasteiger partial charge on any atom is 0.326 e. The number of aliphatic carboxylic acids is 1. The van der Waals surface area contributed by atoms with Crippen molar-refractivity contribution in [3.63, 3.8) is 0 Å². The van der Waals surface area contributed by atoms with Crippen LogP contribution < -0.4 is 5.32 Å². The first-order valence-corrected chi connectivity index (χ1v) is 10.2. The molecule has 7 heteroatoms. The van der Waals surface area contributed by atoms with E-state index in [1.807, 2.05) is 54.8 Å². The minimum Gasteiger partial charge on any atom is -0.480 e. The van der Waals surface area contributed by atoms with Crippen LogP contribution >= 0.6 is 11.6 Å². The Kier molecular flexibility index (Phi) is 5.26. The highest BCUT2D eigenvalue weighted by Gasteiger charge is 2.26. The van der Waals surface area contributed by atoms with Crippen LogP contribution in [0.25, 0.3) is 21.8 Å². The van der Waals surface area contributed by atoms with E-state index >= 15 is 0 Å². The number of hydrogen-bond acceptors (Lipinski definition) is 2. The predicted octanol–water partition coefficient (Wildman–Crippen LogP) is 4.53. The molecule has 0 saturated carbocycles. The topological polar surface area (TPSA) is 87.1 Å². The Bertz CT molecular complexity index is 1270. The smallest absolute Gasteiger partial charge is 0.326 e. The third-order valence-corrected chi connectivity index (χ3v) is 5.75. The number of rotatable bonds is 6. The molecule has 0 bridgehead atoms. The fourth-order valence-corrected chi connectivity index (χ4v) is 4.23. The molecule has 0 aliphatic carbocycles. The summed E-state index contributed by atoms with van der Waals surface area (Å²) in [6, 6.07) is 12.1. The van der Waals surface area contributed by atoms with Gasteiger partial charge < -0.3 is 20.0 Å². The number of aromatic amines is 1. The Morgan fingerprint density at radius 3 is 2.70 bits per heavy atom. The molecule has 0 saturated heterocycles. The SMILES string of the molecule is CCn1c(C(=O)NC(Cc2c[nH]c3ccccc23)C(=O)O)c(C)c2cc(Cl)ccc21. The minimum atomic E-state index is -1.08. The van der Waals surface area contributed by atoms with E-state index in [4.69, 9.17) is 11.6 Å². The summed E-state index contributed by atoms with van der Waals surface area (Å²) >= 11 is 6.14. The molecule has 0 aliphatic heterocycles. The van der Waals surface area contributed by atoms with Crippen molar-refractivity contribution in [2.45, 2.75) is 32.9 Å². The molecule has 4 rings (SSSR count). The number of nitrogens with zero attached hydrogens (tertiary/aromatic N) is 1. The van der Waals surface area contributed by atoms with Crippen LogP contribution in [-0.4, -0.2) is 32.6 Å². The van der Waals surface area contributed by atoms with Crippen LogP contribution in [0.3, 0.4) is 0 Å². The van der Waals surface area contributed by atoms with Crippen LogP contribution in [-0.2, 0) is 17.8 Å². The average molecular weight is 424 g/mol. The first-order chi connectivity index (χ1) is 14.4. The van der Waals surface area contributed by atoms with Gasteiger partial charge in [-0.25, -0.2) is 4.79 Å². The molecular weight excluding hydrogens is 402 g/mol. The number of carbonyl (C=O) groups is 2. The van der Waals surface area contributed by atoms with Crippen molar-refractivity contribution in [2.24, 2.45) is 0 Å². The zero-order valence-electron chi connectivity index (χ0n) is 16.7. The Labute approximate surface area is 178 Å². The van der Waals surface area contributed by atoms with Crippen LogP contribution in [0.2, 0.25) is 5.02 Å². The fraction of sp³-hybridized carbons (Fsp3) is 0.217. The lowest BCUT2D eigenvalue weighted by Gasteiger charge is -2.16. The average Bonchev–Trinajstić information content (AvgIpc) is 3.26. The molecule has 1 amide bonds. The van der Waals surface area contributed by atoms with Crippen molar-refractivity contribution in [1.29, 1.82) is 0 Å². The van der Waals surface area contributed by atoms with Crippen LogP contribution in [0.4, 0.5) is 0 Å². The van der Waals surface area contributed by atoms with Gasteiger partial charge in [0.1, 0.15) is 11.7 Å². The second kappa shape index (κ2) is 7.88. The summed E-state index contributed by atoms with van der Waals surface area (Å²) in [6.45, 7) is 4.38. The standard InChI is InChI=1S/C23H22ClN3O3/c1-3-27-20-9-8-15(24)11-17(20)13(2)21(27)22(28)26-19(23(29)30)10-14-12-25-18-7-5-4-6-16(14)18/h4-9,11-12,19,25H,3,10H2,1-2H3,(H,26,28)(H,29,30). The van der Waals surface area contributed by atoms with Crippen molar-refractivity contribution in [3.8, 4) is 0 Å². The molecule has 1 atom stereocenters. The van der Waals surface area contributed by atoms with Crippen molar-refractivity contribution in [2.75, 3.05) is 0 Å². The van der Waals surface area contributed by atoms with Crippen molar-refractivity contribution >= 4 is 45.3 Å². The van der Waals surface area contributed by atoms with Gasteiger partial charge in [0.15, 0.2) is 0 Å². The van der Waals surface area contributed by atoms with Crippen molar-refractivity contribution < 1.29 is 14.7 Å². The highest BCUT2D eigenvalue weighted by atomic mass is 35.5. The molecular formula is C23H22ClN3O3. The maximum atomic E-state index is 13.2. The van der Waals surface area contributed by atoms with Gasteiger partial charge in [-0.15, -0.1) is 0 Å². The molecule has 2 heterocycles. The molecule has 0 fully saturated rings. The highest BCUT2D eigenvalue weighted by Crippen LogP contribution is 2.28. The number of hydrogen-bond donors (Lipinski definition) is 3. The van der Waals surface area contributed by atoms with E-state index < -0.39 is 17.9 Å². The van der Waals surface area contributed by atoms with Gasteiger partial charge in [-0.1, -0.05) is 29.8 Å². The third-order valence-electron chi connectivity index (χ3n) is 5.51. The molecule has 2 aromatic heterocycles. The molecule has 1 unspecified atom stereocenters. The predicted molar refractivity (Wildman–Crippen MR) is 118 cm³/mol. The molecule has 6 nitrogen and oxygen atoms in total. The number of H-pyrrole nitrogens is 1. The lowest BCUT2D eigenvalue weighted by Crippen LogP contribution is -2.43. The Morgan fingerprint density at radius 2 is 1.97 bits per heavy atom. The molecule has 4 aromatic rings. The van der Waals surface area contributed by atoms with Crippen LogP contribution in [0, 0.1) is 6.92 Å².